The highest BCUT2D eigenvalue weighted by atomic mass is 16.1. The van der Waals surface area contributed by atoms with Crippen molar-refractivity contribution in [2.45, 2.75) is 39.9 Å². The lowest BCUT2D eigenvalue weighted by Crippen LogP contribution is -2.42. The number of hydrogen-bond donors (Lipinski definition) is 0. The standard InChI is InChI=1S/C13H19BO2/c1-8(2)10(15)12(5,6)13(7,14)11(16)9(3)4/h1,3H2,2,4-7H3. The van der Waals surface area contributed by atoms with Crippen molar-refractivity contribution in [2.24, 2.45) is 5.41 Å². The second kappa shape index (κ2) is 4.40. The first-order valence-electron chi connectivity index (χ1n) is 5.15. The number of ketones is 2. The molecule has 0 N–H and O–H groups in total. The summed E-state index contributed by atoms with van der Waals surface area (Å²) in [7, 11) is 6.01. The van der Waals surface area contributed by atoms with Gasteiger partial charge in [-0.3, -0.25) is 9.59 Å². The number of Topliss-reactive ketones (excluding diaryl/α,β-unsaturated/α-hetero) is 2. The van der Waals surface area contributed by atoms with Gasteiger partial charge >= 0.3 is 0 Å². The van der Waals surface area contributed by atoms with Crippen LogP contribution in [0.3, 0.4) is 0 Å². The van der Waals surface area contributed by atoms with E-state index in [0.717, 1.165) is 0 Å². The largest absolute Gasteiger partial charge is 0.295 e. The zero-order valence-corrected chi connectivity index (χ0v) is 10.8. The van der Waals surface area contributed by atoms with Crippen molar-refractivity contribution in [1.82, 2.24) is 0 Å². The van der Waals surface area contributed by atoms with Gasteiger partial charge in [-0.1, -0.05) is 33.9 Å². The molecule has 0 aromatic carbocycles. The van der Waals surface area contributed by atoms with Gasteiger partial charge in [0.15, 0.2) is 11.6 Å². The number of allylic oxidation sites excluding steroid dienone is 2. The van der Waals surface area contributed by atoms with Crippen molar-refractivity contribution >= 4 is 19.4 Å². The minimum atomic E-state index is -1.27. The fourth-order valence-corrected chi connectivity index (χ4v) is 1.50. The summed E-state index contributed by atoms with van der Waals surface area (Å²) in [6.45, 7) is 15.3. The lowest BCUT2D eigenvalue weighted by molar-refractivity contribution is -0.131. The highest BCUT2D eigenvalue weighted by Gasteiger charge is 2.46. The summed E-state index contributed by atoms with van der Waals surface area (Å²) in [4.78, 5) is 23.9. The Bertz CT molecular complexity index is 326. The van der Waals surface area contributed by atoms with Crippen LogP contribution in [0.1, 0.15) is 34.6 Å². The average Bonchev–Trinajstić information content (AvgIpc) is 2.14. The first kappa shape index (κ1) is 14.9. The molecule has 0 heterocycles. The minimum Gasteiger partial charge on any atom is -0.295 e. The van der Waals surface area contributed by atoms with E-state index in [4.69, 9.17) is 7.85 Å². The Labute approximate surface area is 99.2 Å². The molecule has 16 heavy (non-hydrogen) atoms. The van der Waals surface area contributed by atoms with Crippen LogP contribution in [0.4, 0.5) is 0 Å². The molecule has 3 heteroatoms. The van der Waals surface area contributed by atoms with E-state index in [1.807, 2.05) is 0 Å². The number of hydrogen-bond acceptors (Lipinski definition) is 2. The third-order valence-corrected chi connectivity index (χ3v) is 3.11. The van der Waals surface area contributed by atoms with Gasteiger partial charge in [0.25, 0.3) is 0 Å². The Hall–Kier alpha value is -1.12. The summed E-state index contributed by atoms with van der Waals surface area (Å²) in [5.41, 5.74) is -0.238. The maximum Gasteiger partial charge on any atom is 0.163 e. The molecule has 0 saturated heterocycles. The Morgan fingerprint density at radius 1 is 0.938 bits per heavy atom. The van der Waals surface area contributed by atoms with Crippen LogP contribution in [0.5, 0.6) is 0 Å². The summed E-state index contributed by atoms with van der Waals surface area (Å²) in [6.07, 6.45) is 0. The van der Waals surface area contributed by atoms with E-state index in [1.54, 1.807) is 34.6 Å². The molecule has 2 nitrogen and oxygen atoms in total. The molecule has 1 unspecified atom stereocenters. The Kier molecular flexibility index (Phi) is 4.09. The summed E-state index contributed by atoms with van der Waals surface area (Å²) in [6, 6.07) is 0. The highest BCUT2D eigenvalue weighted by molar-refractivity contribution is 6.34. The molecule has 0 bridgehead atoms. The van der Waals surface area contributed by atoms with E-state index in [-0.39, 0.29) is 11.6 Å². The Morgan fingerprint density at radius 3 is 1.50 bits per heavy atom. The summed E-state index contributed by atoms with van der Waals surface area (Å²) in [5.74, 6) is -0.501. The summed E-state index contributed by atoms with van der Waals surface area (Å²) < 4.78 is 0. The molecule has 0 aromatic rings. The summed E-state index contributed by atoms with van der Waals surface area (Å²) >= 11 is 0. The molecule has 0 rings (SSSR count). The maximum atomic E-state index is 12.0. The third kappa shape index (κ3) is 2.34. The second-order valence-corrected chi connectivity index (χ2v) is 5.05. The van der Waals surface area contributed by atoms with Crippen molar-refractivity contribution in [3.8, 4) is 0 Å². The quantitative estimate of drug-likeness (QED) is 0.525. The van der Waals surface area contributed by atoms with Crippen LogP contribution in [-0.2, 0) is 9.59 Å². The molecule has 86 valence electrons. The Morgan fingerprint density at radius 2 is 1.25 bits per heavy atom. The molecule has 1 atom stereocenters. The molecule has 0 aliphatic carbocycles. The summed E-state index contributed by atoms with van der Waals surface area (Å²) in [5, 5.41) is -1.27. The molecule has 0 saturated carbocycles. The van der Waals surface area contributed by atoms with Gasteiger partial charge in [-0.25, -0.2) is 0 Å². The van der Waals surface area contributed by atoms with Gasteiger partial charge in [0.05, 0.1) is 7.85 Å². The van der Waals surface area contributed by atoms with Crippen LogP contribution in [0.25, 0.3) is 0 Å². The van der Waals surface area contributed by atoms with Gasteiger partial charge in [0, 0.05) is 10.7 Å². The van der Waals surface area contributed by atoms with E-state index in [9.17, 15) is 9.59 Å². The lowest BCUT2D eigenvalue weighted by atomic mass is 9.50. The maximum absolute atomic E-state index is 12.0. The van der Waals surface area contributed by atoms with E-state index in [1.165, 1.54) is 0 Å². The number of carbonyl (C=O) groups excluding carboxylic acids is 2. The topological polar surface area (TPSA) is 34.1 Å². The normalized spacial score (nSPS) is 15.1. The van der Waals surface area contributed by atoms with Crippen molar-refractivity contribution in [2.75, 3.05) is 0 Å². The van der Waals surface area contributed by atoms with Crippen molar-refractivity contribution in [3.05, 3.63) is 24.3 Å². The van der Waals surface area contributed by atoms with Gasteiger partial charge in [-0.15, -0.1) is 0 Å². The zero-order chi connectivity index (χ0) is 13.3. The fourth-order valence-electron chi connectivity index (χ4n) is 1.50. The van der Waals surface area contributed by atoms with E-state index >= 15 is 0 Å². The van der Waals surface area contributed by atoms with Crippen molar-refractivity contribution in [3.63, 3.8) is 0 Å². The van der Waals surface area contributed by atoms with Gasteiger partial charge in [-0.2, -0.15) is 0 Å². The van der Waals surface area contributed by atoms with Crippen molar-refractivity contribution in [1.29, 1.82) is 0 Å². The predicted octanol–water partition coefficient (Wildman–Crippen LogP) is 2.65. The van der Waals surface area contributed by atoms with E-state index in [2.05, 4.69) is 13.2 Å². The Balaban J connectivity index is 5.45. The van der Waals surface area contributed by atoms with Crippen LogP contribution >= 0.6 is 0 Å². The monoisotopic (exact) mass is 218 g/mol. The number of rotatable bonds is 5. The molecule has 0 aromatic heterocycles. The molecule has 0 spiro atoms. The minimum absolute atomic E-state index is 0.202. The van der Waals surface area contributed by atoms with Crippen molar-refractivity contribution < 1.29 is 9.59 Å². The molecule has 0 aliphatic rings. The van der Waals surface area contributed by atoms with E-state index in [0.29, 0.717) is 11.1 Å². The van der Waals surface area contributed by atoms with Crippen LogP contribution in [-0.4, -0.2) is 19.4 Å². The second-order valence-electron chi connectivity index (χ2n) is 5.05. The lowest BCUT2D eigenvalue weighted by Gasteiger charge is -2.40. The van der Waals surface area contributed by atoms with Crippen LogP contribution in [0.15, 0.2) is 24.3 Å². The van der Waals surface area contributed by atoms with Gasteiger partial charge < -0.3 is 0 Å². The molecule has 0 aliphatic heterocycles. The van der Waals surface area contributed by atoms with Gasteiger partial charge in [0.2, 0.25) is 0 Å². The molecule has 0 amide bonds. The SMILES string of the molecule is [B]C(C)(C(=O)C(=C)C)C(C)(C)C(=O)C(=C)C. The third-order valence-electron chi connectivity index (χ3n) is 3.11. The fraction of sp³-hybridized carbons (Fsp3) is 0.538. The molecule has 2 radical (unpaired) electrons. The first-order valence-corrected chi connectivity index (χ1v) is 5.15. The van der Waals surface area contributed by atoms with Gasteiger partial charge in [-0.05, 0) is 25.0 Å². The van der Waals surface area contributed by atoms with E-state index < -0.39 is 10.7 Å². The predicted molar refractivity (Wildman–Crippen MR) is 67.5 cm³/mol. The molecular formula is C13H19BO2. The smallest absolute Gasteiger partial charge is 0.163 e. The zero-order valence-electron chi connectivity index (χ0n) is 10.8. The first-order chi connectivity index (χ1) is 6.96. The van der Waals surface area contributed by atoms with Crippen LogP contribution in [0, 0.1) is 5.41 Å². The number of carbonyl (C=O) groups is 2. The van der Waals surface area contributed by atoms with Gasteiger partial charge in [0.1, 0.15) is 0 Å². The molecular weight excluding hydrogens is 199 g/mol. The van der Waals surface area contributed by atoms with Crippen LogP contribution < -0.4 is 0 Å². The molecule has 0 fully saturated rings. The average molecular weight is 218 g/mol. The van der Waals surface area contributed by atoms with Crippen LogP contribution in [0.2, 0.25) is 5.31 Å². The highest BCUT2D eigenvalue weighted by Crippen LogP contribution is 2.46.